The molecule has 0 aliphatic carbocycles. The van der Waals surface area contributed by atoms with Crippen molar-refractivity contribution in [1.82, 2.24) is 20.1 Å². The highest BCUT2D eigenvalue weighted by Crippen LogP contribution is 2.23. The summed E-state index contributed by atoms with van der Waals surface area (Å²) in [5.74, 6) is 0. The molecule has 1 atom stereocenters. The maximum atomic E-state index is 4.10. The highest BCUT2D eigenvalue weighted by molar-refractivity contribution is 5.11. The minimum absolute atomic E-state index is 0.183. The maximum absolute atomic E-state index is 4.10. The van der Waals surface area contributed by atoms with Crippen molar-refractivity contribution in [1.29, 1.82) is 0 Å². The smallest absolute Gasteiger partial charge is 0.0357 e. The molecule has 1 aliphatic heterocycles. The fourth-order valence-electron chi connectivity index (χ4n) is 2.86. The van der Waals surface area contributed by atoms with Crippen molar-refractivity contribution in [2.75, 3.05) is 33.7 Å². The number of pyridine rings is 1. The fraction of sp³-hybridized carbons (Fsp3) is 0.667. The quantitative estimate of drug-likeness (QED) is 0.883. The number of hydrogen-bond donors (Lipinski definition) is 1. The van der Waals surface area contributed by atoms with Crippen LogP contribution in [0, 0.1) is 0 Å². The molecule has 2 rings (SSSR count). The third kappa shape index (κ3) is 3.75. The van der Waals surface area contributed by atoms with Gasteiger partial charge in [0.25, 0.3) is 0 Å². The van der Waals surface area contributed by atoms with Crippen LogP contribution in [0.4, 0.5) is 0 Å². The van der Waals surface area contributed by atoms with E-state index < -0.39 is 0 Å². The van der Waals surface area contributed by atoms with Gasteiger partial charge in [0, 0.05) is 50.2 Å². The molecule has 0 spiro atoms. The van der Waals surface area contributed by atoms with Crippen molar-refractivity contribution < 1.29 is 0 Å². The van der Waals surface area contributed by atoms with Gasteiger partial charge in [-0.25, -0.2) is 0 Å². The molecule has 19 heavy (non-hydrogen) atoms. The Balaban J connectivity index is 2.14. The molecule has 1 saturated heterocycles. The van der Waals surface area contributed by atoms with Crippen molar-refractivity contribution in [3.8, 4) is 0 Å². The Bertz CT molecular complexity index is 388. The molecular formula is C15H26N4. The summed E-state index contributed by atoms with van der Waals surface area (Å²) >= 11 is 0. The molecule has 0 bridgehead atoms. The first-order valence-electron chi connectivity index (χ1n) is 7.00. The number of aromatic nitrogens is 1. The number of likely N-dealkylation sites (N-methyl/N-ethyl adjacent to an activating group) is 1. The number of piperazine rings is 1. The predicted octanol–water partition coefficient (Wildman–Crippen LogP) is 1.20. The molecule has 2 heterocycles. The first kappa shape index (κ1) is 14.4. The van der Waals surface area contributed by atoms with Crippen LogP contribution in [-0.4, -0.2) is 60.1 Å². The minimum Gasteiger partial charge on any atom is -0.313 e. The lowest BCUT2D eigenvalue weighted by molar-refractivity contribution is 0.0181. The van der Waals surface area contributed by atoms with Gasteiger partial charge in [-0.1, -0.05) is 0 Å². The van der Waals surface area contributed by atoms with E-state index in [0.717, 1.165) is 26.2 Å². The van der Waals surface area contributed by atoms with Gasteiger partial charge >= 0.3 is 0 Å². The van der Waals surface area contributed by atoms with Crippen LogP contribution in [0.5, 0.6) is 0 Å². The van der Waals surface area contributed by atoms with E-state index in [2.05, 4.69) is 60.2 Å². The predicted molar refractivity (Wildman–Crippen MR) is 79.1 cm³/mol. The van der Waals surface area contributed by atoms with Crippen LogP contribution in [0.3, 0.4) is 0 Å². The zero-order valence-electron chi connectivity index (χ0n) is 12.6. The monoisotopic (exact) mass is 262 g/mol. The summed E-state index contributed by atoms with van der Waals surface area (Å²) in [6, 6.07) is 4.78. The van der Waals surface area contributed by atoms with Gasteiger partial charge in [0.2, 0.25) is 0 Å². The van der Waals surface area contributed by atoms with E-state index >= 15 is 0 Å². The molecule has 1 unspecified atom stereocenters. The summed E-state index contributed by atoms with van der Waals surface area (Å²) in [7, 11) is 4.29. The zero-order valence-corrected chi connectivity index (χ0v) is 12.6. The number of nitrogens with zero attached hydrogens (tertiary/aromatic N) is 3. The molecule has 0 amide bonds. The molecular weight excluding hydrogens is 236 g/mol. The average Bonchev–Trinajstić information content (AvgIpc) is 2.34. The molecule has 0 saturated carbocycles. The van der Waals surface area contributed by atoms with Crippen molar-refractivity contribution in [3.05, 3.63) is 30.1 Å². The minimum atomic E-state index is 0.183. The van der Waals surface area contributed by atoms with Crippen molar-refractivity contribution in [2.45, 2.75) is 32.0 Å². The Morgan fingerprint density at radius 1 is 1.37 bits per heavy atom. The summed E-state index contributed by atoms with van der Waals surface area (Å²) in [4.78, 5) is 9.00. The first-order chi connectivity index (χ1) is 8.99. The standard InChI is InChI=1S/C15H26N4/c1-15(2)12-17-9-14(11-18(3)4)19(15)10-13-5-7-16-8-6-13/h5-8,14,17H,9-12H2,1-4H3. The molecule has 1 aliphatic rings. The van der Waals surface area contributed by atoms with Gasteiger partial charge in [-0.05, 0) is 45.6 Å². The fourth-order valence-corrected chi connectivity index (χ4v) is 2.86. The highest BCUT2D eigenvalue weighted by atomic mass is 15.3. The second-order valence-electron chi connectivity index (χ2n) is 6.34. The Hall–Kier alpha value is -0.970. The van der Waals surface area contributed by atoms with E-state index in [9.17, 15) is 0 Å². The van der Waals surface area contributed by atoms with Crippen LogP contribution in [0.1, 0.15) is 19.4 Å². The van der Waals surface area contributed by atoms with Crippen LogP contribution in [0.25, 0.3) is 0 Å². The van der Waals surface area contributed by atoms with Crippen molar-refractivity contribution >= 4 is 0 Å². The number of nitrogens with one attached hydrogen (secondary N) is 1. The molecule has 0 aromatic carbocycles. The lowest BCUT2D eigenvalue weighted by atomic mass is 9.95. The molecule has 4 nitrogen and oxygen atoms in total. The third-order valence-electron chi connectivity index (χ3n) is 3.83. The second-order valence-corrected chi connectivity index (χ2v) is 6.34. The molecule has 0 radical (unpaired) electrons. The van der Waals surface area contributed by atoms with Gasteiger partial charge in [0.15, 0.2) is 0 Å². The van der Waals surface area contributed by atoms with Crippen LogP contribution < -0.4 is 5.32 Å². The lowest BCUT2D eigenvalue weighted by Crippen LogP contribution is -2.64. The van der Waals surface area contributed by atoms with Gasteiger partial charge in [0.05, 0.1) is 0 Å². The number of rotatable bonds is 4. The van der Waals surface area contributed by atoms with E-state index in [4.69, 9.17) is 0 Å². The maximum Gasteiger partial charge on any atom is 0.0357 e. The largest absolute Gasteiger partial charge is 0.313 e. The van der Waals surface area contributed by atoms with Crippen molar-refractivity contribution in [2.24, 2.45) is 0 Å². The Morgan fingerprint density at radius 2 is 2.05 bits per heavy atom. The summed E-state index contributed by atoms with van der Waals surface area (Å²) in [6.45, 7) is 8.83. The highest BCUT2D eigenvalue weighted by Gasteiger charge is 2.36. The Kier molecular flexibility index (Phi) is 4.55. The topological polar surface area (TPSA) is 31.4 Å². The van der Waals surface area contributed by atoms with Crippen LogP contribution >= 0.6 is 0 Å². The molecule has 1 N–H and O–H groups in total. The van der Waals surface area contributed by atoms with E-state index in [1.54, 1.807) is 0 Å². The summed E-state index contributed by atoms with van der Waals surface area (Å²) in [5, 5.41) is 3.57. The van der Waals surface area contributed by atoms with Gasteiger partial charge in [-0.2, -0.15) is 0 Å². The van der Waals surface area contributed by atoms with Crippen LogP contribution in [-0.2, 0) is 6.54 Å². The van der Waals surface area contributed by atoms with E-state index in [1.165, 1.54) is 5.56 Å². The molecule has 1 fully saturated rings. The van der Waals surface area contributed by atoms with Gasteiger partial charge in [-0.15, -0.1) is 0 Å². The molecule has 4 heteroatoms. The average molecular weight is 262 g/mol. The normalized spacial score (nSPS) is 23.7. The van der Waals surface area contributed by atoms with Crippen molar-refractivity contribution in [3.63, 3.8) is 0 Å². The van der Waals surface area contributed by atoms with Crippen LogP contribution in [0.2, 0.25) is 0 Å². The van der Waals surface area contributed by atoms with E-state index in [0.29, 0.717) is 6.04 Å². The first-order valence-corrected chi connectivity index (χ1v) is 7.00. The summed E-state index contributed by atoms with van der Waals surface area (Å²) in [5.41, 5.74) is 1.52. The lowest BCUT2D eigenvalue weighted by Gasteiger charge is -2.49. The SMILES string of the molecule is CN(C)CC1CNCC(C)(C)N1Cc1ccncc1. The second kappa shape index (κ2) is 5.99. The van der Waals surface area contributed by atoms with Gasteiger partial charge < -0.3 is 10.2 Å². The van der Waals surface area contributed by atoms with Gasteiger partial charge in [0.1, 0.15) is 0 Å². The summed E-state index contributed by atoms with van der Waals surface area (Å²) in [6.07, 6.45) is 3.76. The molecule has 1 aromatic rings. The summed E-state index contributed by atoms with van der Waals surface area (Å²) < 4.78 is 0. The van der Waals surface area contributed by atoms with E-state index in [-0.39, 0.29) is 5.54 Å². The van der Waals surface area contributed by atoms with Crippen LogP contribution in [0.15, 0.2) is 24.5 Å². The molecule has 106 valence electrons. The van der Waals surface area contributed by atoms with E-state index in [1.807, 2.05) is 12.4 Å². The third-order valence-corrected chi connectivity index (χ3v) is 3.83. The number of hydrogen-bond acceptors (Lipinski definition) is 4. The zero-order chi connectivity index (χ0) is 13.9. The Labute approximate surface area is 116 Å². The molecule has 1 aromatic heterocycles. The Morgan fingerprint density at radius 3 is 2.68 bits per heavy atom. The van der Waals surface area contributed by atoms with Gasteiger partial charge in [-0.3, -0.25) is 9.88 Å².